The Balaban J connectivity index is 0.000000531. The lowest BCUT2D eigenvalue weighted by Gasteiger charge is -2.01. The molecule has 0 fully saturated rings. The average Bonchev–Trinajstić information content (AvgIpc) is 2.23. The molecule has 0 radical (unpaired) electrons. The Labute approximate surface area is 87.8 Å². The van der Waals surface area contributed by atoms with Gasteiger partial charge in [0.1, 0.15) is 11.3 Å². The van der Waals surface area contributed by atoms with Crippen molar-refractivity contribution in [1.29, 1.82) is 0 Å². The van der Waals surface area contributed by atoms with E-state index >= 15 is 0 Å². The predicted molar refractivity (Wildman–Crippen MR) is 57.7 cm³/mol. The predicted octanol–water partition coefficient (Wildman–Crippen LogP) is 3.85. The van der Waals surface area contributed by atoms with Crippen LogP contribution in [-0.4, -0.2) is 4.98 Å². The first kappa shape index (κ1) is 11.6. The summed E-state index contributed by atoms with van der Waals surface area (Å²) < 4.78 is 25.9. The molecule has 0 aliphatic carbocycles. The van der Waals surface area contributed by atoms with Crippen LogP contribution in [0.25, 0.3) is 10.9 Å². The lowest BCUT2D eigenvalue weighted by molar-refractivity contribution is 0.590. The van der Waals surface area contributed by atoms with E-state index in [1.165, 1.54) is 12.3 Å². The zero-order valence-corrected chi connectivity index (χ0v) is 9.01. The second-order valence-electron chi connectivity index (χ2n) is 2.91. The van der Waals surface area contributed by atoms with Gasteiger partial charge in [-0.3, -0.25) is 4.98 Å². The molecule has 3 heteroatoms. The van der Waals surface area contributed by atoms with Crippen LogP contribution >= 0.6 is 0 Å². The summed E-state index contributed by atoms with van der Waals surface area (Å²) in [6, 6.07) is 3.86. The minimum absolute atomic E-state index is 0.224. The maximum absolute atomic E-state index is 13.1. The molecule has 0 aliphatic rings. The van der Waals surface area contributed by atoms with Gasteiger partial charge in [-0.05, 0) is 24.6 Å². The summed E-state index contributed by atoms with van der Waals surface area (Å²) in [7, 11) is 0. The van der Waals surface area contributed by atoms with E-state index < -0.39 is 11.6 Å². The number of nitrogens with zero attached hydrogens (tertiary/aromatic N) is 1. The van der Waals surface area contributed by atoms with Gasteiger partial charge in [0.15, 0.2) is 5.82 Å². The van der Waals surface area contributed by atoms with Crippen LogP contribution in [0.5, 0.6) is 0 Å². The highest BCUT2D eigenvalue weighted by Crippen LogP contribution is 2.19. The molecule has 15 heavy (non-hydrogen) atoms. The third-order valence-electron chi connectivity index (χ3n) is 1.98. The molecular formula is C12H13F2N. The molecule has 1 heterocycles. The highest BCUT2D eigenvalue weighted by molar-refractivity contribution is 5.82. The second-order valence-corrected chi connectivity index (χ2v) is 2.91. The summed E-state index contributed by atoms with van der Waals surface area (Å²) in [6.07, 6.45) is 1.51. The average molecular weight is 209 g/mol. The van der Waals surface area contributed by atoms with Gasteiger partial charge < -0.3 is 0 Å². The van der Waals surface area contributed by atoms with Gasteiger partial charge in [0, 0.05) is 17.6 Å². The third kappa shape index (κ3) is 2.29. The van der Waals surface area contributed by atoms with E-state index in [-0.39, 0.29) is 5.52 Å². The maximum atomic E-state index is 13.1. The van der Waals surface area contributed by atoms with Crippen molar-refractivity contribution in [2.24, 2.45) is 0 Å². The number of fused-ring (bicyclic) bond motifs is 1. The lowest BCUT2D eigenvalue weighted by atomic mass is 10.1. The minimum atomic E-state index is -0.612. The monoisotopic (exact) mass is 209 g/mol. The van der Waals surface area contributed by atoms with E-state index in [9.17, 15) is 8.78 Å². The third-order valence-corrected chi connectivity index (χ3v) is 1.98. The molecule has 0 amide bonds. The Kier molecular flexibility index (Phi) is 3.72. The first-order chi connectivity index (χ1) is 7.18. The molecule has 0 N–H and O–H groups in total. The van der Waals surface area contributed by atoms with Crippen LogP contribution in [0.15, 0.2) is 24.4 Å². The molecule has 0 saturated carbocycles. The van der Waals surface area contributed by atoms with E-state index in [1.807, 2.05) is 13.8 Å². The van der Waals surface area contributed by atoms with Crippen molar-refractivity contribution in [3.63, 3.8) is 0 Å². The molecule has 0 bridgehead atoms. The quantitative estimate of drug-likeness (QED) is 0.642. The van der Waals surface area contributed by atoms with Crippen LogP contribution in [0.3, 0.4) is 0 Å². The topological polar surface area (TPSA) is 12.9 Å². The zero-order chi connectivity index (χ0) is 11.4. The number of halogens is 2. The van der Waals surface area contributed by atoms with E-state index in [0.29, 0.717) is 5.39 Å². The number of hydrogen-bond acceptors (Lipinski definition) is 1. The van der Waals surface area contributed by atoms with Crippen molar-refractivity contribution in [1.82, 2.24) is 4.98 Å². The highest BCUT2D eigenvalue weighted by atomic mass is 19.1. The molecule has 0 aliphatic heterocycles. The minimum Gasteiger partial charge on any atom is -0.253 e. The smallest absolute Gasteiger partial charge is 0.152 e. The largest absolute Gasteiger partial charge is 0.253 e. The summed E-state index contributed by atoms with van der Waals surface area (Å²) >= 11 is 0. The molecule has 80 valence electrons. The Hall–Kier alpha value is -1.51. The summed E-state index contributed by atoms with van der Waals surface area (Å²) in [5.74, 6) is -1.18. The van der Waals surface area contributed by atoms with Crippen molar-refractivity contribution >= 4 is 10.9 Å². The number of hydrogen-bond donors (Lipinski definition) is 0. The van der Waals surface area contributed by atoms with Crippen molar-refractivity contribution in [3.8, 4) is 0 Å². The Morgan fingerprint density at radius 2 is 1.80 bits per heavy atom. The van der Waals surface area contributed by atoms with Crippen molar-refractivity contribution < 1.29 is 8.78 Å². The lowest BCUT2D eigenvalue weighted by Crippen LogP contribution is -1.88. The molecule has 2 aromatic rings. The standard InChI is InChI=1S/C10H7F2N.C2H6/c1-6-2-3-13-10-8(6)4-7(11)5-9(10)12;1-2/h2-5H,1H3;1-2H3. The Bertz CT molecular complexity index is 466. The fourth-order valence-corrected chi connectivity index (χ4v) is 1.31. The molecular weight excluding hydrogens is 196 g/mol. The number of aromatic nitrogens is 1. The van der Waals surface area contributed by atoms with Crippen LogP contribution < -0.4 is 0 Å². The van der Waals surface area contributed by atoms with Gasteiger partial charge in [-0.1, -0.05) is 13.8 Å². The zero-order valence-electron chi connectivity index (χ0n) is 9.01. The SMILES string of the molecule is CC.Cc1ccnc2c(F)cc(F)cc12. The van der Waals surface area contributed by atoms with Crippen molar-refractivity contribution in [2.45, 2.75) is 20.8 Å². The van der Waals surface area contributed by atoms with Crippen LogP contribution in [0.4, 0.5) is 8.78 Å². The molecule has 1 aromatic heterocycles. The van der Waals surface area contributed by atoms with Crippen LogP contribution in [0.2, 0.25) is 0 Å². The second kappa shape index (κ2) is 4.82. The van der Waals surface area contributed by atoms with E-state index in [4.69, 9.17) is 0 Å². The molecule has 2 rings (SSSR count). The van der Waals surface area contributed by atoms with Crippen molar-refractivity contribution in [2.75, 3.05) is 0 Å². The molecule has 0 saturated heterocycles. The fraction of sp³-hybridized carbons (Fsp3) is 0.250. The summed E-state index contributed by atoms with van der Waals surface area (Å²) in [5, 5.41) is 0.528. The molecule has 0 atom stereocenters. The van der Waals surface area contributed by atoms with Gasteiger partial charge in [-0.25, -0.2) is 8.78 Å². The first-order valence-corrected chi connectivity index (χ1v) is 4.89. The summed E-state index contributed by atoms with van der Waals surface area (Å²) in [5.41, 5.74) is 1.05. The van der Waals surface area contributed by atoms with Crippen LogP contribution in [0.1, 0.15) is 19.4 Å². The number of aryl methyl sites for hydroxylation is 1. The van der Waals surface area contributed by atoms with E-state index in [1.54, 1.807) is 13.0 Å². The Morgan fingerprint density at radius 3 is 2.47 bits per heavy atom. The summed E-state index contributed by atoms with van der Waals surface area (Å²) in [4.78, 5) is 3.84. The number of rotatable bonds is 0. The van der Waals surface area contributed by atoms with Gasteiger partial charge in [0.25, 0.3) is 0 Å². The van der Waals surface area contributed by atoms with Gasteiger partial charge in [-0.2, -0.15) is 0 Å². The fourth-order valence-electron chi connectivity index (χ4n) is 1.31. The van der Waals surface area contributed by atoms with Gasteiger partial charge in [0.2, 0.25) is 0 Å². The van der Waals surface area contributed by atoms with Crippen LogP contribution in [0, 0.1) is 18.6 Å². The molecule has 0 unspecified atom stereocenters. The van der Waals surface area contributed by atoms with Gasteiger partial charge in [-0.15, -0.1) is 0 Å². The Morgan fingerprint density at radius 1 is 1.13 bits per heavy atom. The first-order valence-electron chi connectivity index (χ1n) is 4.89. The van der Waals surface area contributed by atoms with E-state index in [0.717, 1.165) is 11.6 Å². The normalized spacial score (nSPS) is 9.67. The molecule has 1 nitrogen and oxygen atoms in total. The van der Waals surface area contributed by atoms with Crippen molar-refractivity contribution in [3.05, 3.63) is 41.6 Å². The molecule has 0 spiro atoms. The van der Waals surface area contributed by atoms with Gasteiger partial charge in [0.05, 0.1) is 0 Å². The summed E-state index contributed by atoms with van der Waals surface area (Å²) in [6.45, 7) is 5.79. The maximum Gasteiger partial charge on any atom is 0.152 e. The van der Waals surface area contributed by atoms with Gasteiger partial charge >= 0.3 is 0 Å². The highest BCUT2D eigenvalue weighted by Gasteiger charge is 2.05. The number of benzene rings is 1. The number of pyridine rings is 1. The molecule has 1 aromatic carbocycles. The van der Waals surface area contributed by atoms with E-state index in [2.05, 4.69) is 4.98 Å². The van der Waals surface area contributed by atoms with Crippen LogP contribution in [-0.2, 0) is 0 Å².